The van der Waals surface area contributed by atoms with E-state index in [4.69, 9.17) is 9.47 Å². The average molecular weight is 505 g/mol. The van der Waals surface area contributed by atoms with Gasteiger partial charge in [-0.1, -0.05) is 17.8 Å². The number of aryl methyl sites for hydroxylation is 1. The molecule has 4 heterocycles. The van der Waals surface area contributed by atoms with Gasteiger partial charge in [0.2, 0.25) is 5.91 Å². The number of nitrogens with one attached hydrogen (secondary N) is 1. The number of rotatable bonds is 8. The van der Waals surface area contributed by atoms with E-state index >= 15 is 0 Å². The predicted molar refractivity (Wildman–Crippen MR) is 129 cm³/mol. The van der Waals surface area contributed by atoms with Crippen LogP contribution in [0.4, 0.5) is 5.00 Å². The van der Waals surface area contributed by atoms with Crippen LogP contribution in [0, 0.1) is 0 Å². The van der Waals surface area contributed by atoms with Crippen LogP contribution in [0.2, 0.25) is 0 Å². The normalized spacial score (nSPS) is 17.3. The quantitative estimate of drug-likeness (QED) is 0.362. The summed E-state index contributed by atoms with van der Waals surface area (Å²) >= 11 is 4.43. The monoisotopic (exact) mass is 504 g/mol. The summed E-state index contributed by atoms with van der Waals surface area (Å²) in [5, 5.41) is 15.0. The van der Waals surface area contributed by atoms with Crippen LogP contribution in [-0.4, -0.2) is 52.2 Å². The van der Waals surface area contributed by atoms with Crippen molar-refractivity contribution in [2.75, 3.05) is 24.8 Å². The molecule has 0 radical (unpaired) electrons. The molecule has 5 rings (SSSR count). The first-order valence-electron chi connectivity index (χ1n) is 10.9. The van der Waals surface area contributed by atoms with E-state index in [2.05, 4.69) is 20.1 Å². The van der Waals surface area contributed by atoms with Crippen LogP contribution >= 0.6 is 34.4 Å². The van der Waals surface area contributed by atoms with Gasteiger partial charge < -0.3 is 14.8 Å². The number of carbonyl (C=O) groups excluding carboxylic acids is 2. The van der Waals surface area contributed by atoms with E-state index in [0.717, 1.165) is 59.9 Å². The summed E-state index contributed by atoms with van der Waals surface area (Å²) in [6, 6.07) is 4.01. The van der Waals surface area contributed by atoms with Crippen molar-refractivity contribution in [3.63, 3.8) is 0 Å². The Morgan fingerprint density at radius 2 is 2.24 bits per heavy atom. The number of hydrogen-bond acceptors (Lipinski definition) is 9. The van der Waals surface area contributed by atoms with Crippen LogP contribution in [0.3, 0.4) is 0 Å². The fourth-order valence-corrected chi connectivity index (χ4v) is 7.00. The Morgan fingerprint density at radius 3 is 3.00 bits per heavy atom. The highest BCUT2D eigenvalue weighted by molar-refractivity contribution is 7.99. The minimum absolute atomic E-state index is 0.129. The van der Waals surface area contributed by atoms with Gasteiger partial charge in [0, 0.05) is 11.5 Å². The maximum Gasteiger partial charge on any atom is 0.341 e. The van der Waals surface area contributed by atoms with Gasteiger partial charge in [0.05, 0.1) is 36.0 Å². The van der Waals surface area contributed by atoms with E-state index in [1.807, 2.05) is 17.5 Å². The van der Waals surface area contributed by atoms with Crippen molar-refractivity contribution in [2.24, 2.45) is 0 Å². The first kappa shape index (κ1) is 22.6. The Balaban J connectivity index is 1.31. The Hall–Kier alpha value is -2.21. The molecule has 1 unspecified atom stereocenters. The largest absolute Gasteiger partial charge is 0.465 e. The number of esters is 1. The molecular weight excluding hydrogens is 480 g/mol. The molecule has 3 aromatic heterocycles. The number of hydrogen-bond donors (Lipinski definition) is 1. The standard InChI is InChI=1S/C22H24N4O4S3/c1-29-21(28)18-14-6-2-7-15(14)33-20(18)23-17(27)12-32-22-25-24-19(16-8-4-10-31-16)26(22)11-13-5-3-9-30-13/h4,8,10,13H,2-3,5-7,9,11-12H2,1H3,(H,23,27). The number of fused-ring (bicyclic) bond motifs is 1. The van der Waals surface area contributed by atoms with Crippen molar-refractivity contribution in [2.45, 2.75) is 49.9 Å². The molecule has 1 atom stereocenters. The van der Waals surface area contributed by atoms with Gasteiger partial charge in [-0.05, 0) is 49.1 Å². The zero-order valence-corrected chi connectivity index (χ0v) is 20.6. The van der Waals surface area contributed by atoms with Crippen LogP contribution in [0.15, 0.2) is 22.7 Å². The average Bonchev–Trinajstić information content (AvgIpc) is 3.61. The lowest BCUT2D eigenvalue weighted by molar-refractivity contribution is -0.113. The third kappa shape index (κ3) is 4.72. The number of methoxy groups -OCH3 is 1. The van der Waals surface area contributed by atoms with Crippen molar-refractivity contribution in [1.29, 1.82) is 0 Å². The molecule has 8 nitrogen and oxygen atoms in total. The Labute approximate surface area is 203 Å². The third-order valence-corrected chi connectivity index (χ3v) is 8.80. The smallest absolute Gasteiger partial charge is 0.341 e. The second kappa shape index (κ2) is 9.96. The highest BCUT2D eigenvalue weighted by Gasteiger charge is 2.28. The minimum Gasteiger partial charge on any atom is -0.465 e. The van der Waals surface area contributed by atoms with E-state index in [1.165, 1.54) is 30.2 Å². The summed E-state index contributed by atoms with van der Waals surface area (Å²) < 4.78 is 12.9. The molecule has 1 N–H and O–H groups in total. The van der Waals surface area contributed by atoms with Crippen molar-refractivity contribution >= 4 is 51.3 Å². The van der Waals surface area contributed by atoms with Gasteiger partial charge in [-0.2, -0.15) is 0 Å². The molecule has 1 aliphatic heterocycles. The number of aromatic nitrogens is 3. The second-order valence-corrected chi connectivity index (χ2v) is 10.9. The zero-order chi connectivity index (χ0) is 22.8. The summed E-state index contributed by atoms with van der Waals surface area (Å²) in [4.78, 5) is 27.3. The molecule has 3 aromatic rings. The lowest BCUT2D eigenvalue weighted by Gasteiger charge is -2.14. The maximum atomic E-state index is 12.8. The Bertz CT molecular complexity index is 1150. The summed E-state index contributed by atoms with van der Waals surface area (Å²) in [7, 11) is 1.37. The number of thioether (sulfide) groups is 1. The summed E-state index contributed by atoms with van der Waals surface area (Å²) in [5.41, 5.74) is 1.53. The van der Waals surface area contributed by atoms with Gasteiger partial charge in [0.15, 0.2) is 11.0 Å². The number of ether oxygens (including phenoxy) is 2. The molecule has 2 aliphatic rings. The van der Waals surface area contributed by atoms with E-state index < -0.39 is 5.97 Å². The lowest BCUT2D eigenvalue weighted by atomic mass is 10.1. The SMILES string of the molecule is COC(=O)c1c(NC(=O)CSc2nnc(-c3cccs3)n2CC2CCCO2)sc2c1CCC2. The van der Waals surface area contributed by atoms with Crippen LogP contribution < -0.4 is 5.32 Å². The molecule has 1 fully saturated rings. The lowest BCUT2D eigenvalue weighted by Crippen LogP contribution is -2.18. The summed E-state index contributed by atoms with van der Waals surface area (Å²) in [6.07, 6.45) is 5.00. The molecule has 1 saturated heterocycles. The molecule has 0 bridgehead atoms. The fourth-order valence-electron chi connectivity index (χ4n) is 4.24. The highest BCUT2D eigenvalue weighted by Crippen LogP contribution is 2.39. The van der Waals surface area contributed by atoms with Crippen LogP contribution in [-0.2, 0) is 33.7 Å². The number of nitrogens with zero attached hydrogens (tertiary/aromatic N) is 3. The van der Waals surface area contributed by atoms with Crippen molar-refractivity contribution < 1.29 is 19.1 Å². The van der Waals surface area contributed by atoms with E-state index in [1.54, 1.807) is 11.3 Å². The van der Waals surface area contributed by atoms with Gasteiger partial charge >= 0.3 is 5.97 Å². The fraction of sp³-hybridized carbons (Fsp3) is 0.455. The molecule has 0 aromatic carbocycles. The van der Waals surface area contributed by atoms with Gasteiger partial charge in [-0.15, -0.1) is 32.9 Å². The van der Waals surface area contributed by atoms with Crippen LogP contribution in [0.1, 0.15) is 40.1 Å². The molecule has 0 saturated carbocycles. The van der Waals surface area contributed by atoms with Gasteiger partial charge in [-0.3, -0.25) is 9.36 Å². The zero-order valence-electron chi connectivity index (χ0n) is 18.2. The van der Waals surface area contributed by atoms with E-state index in [9.17, 15) is 9.59 Å². The minimum atomic E-state index is -0.394. The summed E-state index contributed by atoms with van der Waals surface area (Å²) in [6.45, 7) is 1.44. The third-order valence-electron chi connectivity index (χ3n) is 5.76. The first-order chi connectivity index (χ1) is 16.1. The van der Waals surface area contributed by atoms with Gasteiger partial charge in [-0.25, -0.2) is 4.79 Å². The Morgan fingerprint density at radius 1 is 1.33 bits per heavy atom. The number of thiophene rings is 2. The maximum absolute atomic E-state index is 12.8. The molecule has 11 heteroatoms. The van der Waals surface area contributed by atoms with E-state index in [-0.39, 0.29) is 17.8 Å². The topological polar surface area (TPSA) is 95.3 Å². The van der Waals surface area contributed by atoms with Crippen molar-refractivity contribution in [3.8, 4) is 10.7 Å². The van der Waals surface area contributed by atoms with Crippen LogP contribution in [0.5, 0.6) is 0 Å². The first-order valence-corrected chi connectivity index (χ1v) is 13.6. The van der Waals surface area contributed by atoms with Gasteiger partial charge in [0.25, 0.3) is 0 Å². The van der Waals surface area contributed by atoms with Crippen molar-refractivity contribution in [3.05, 3.63) is 33.5 Å². The van der Waals surface area contributed by atoms with Crippen LogP contribution in [0.25, 0.3) is 10.7 Å². The molecule has 0 spiro atoms. The molecule has 33 heavy (non-hydrogen) atoms. The van der Waals surface area contributed by atoms with Crippen molar-refractivity contribution in [1.82, 2.24) is 14.8 Å². The molecule has 1 aliphatic carbocycles. The predicted octanol–water partition coefficient (Wildman–Crippen LogP) is 4.25. The number of carbonyl (C=O) groups is 2. The summed E-state index contributed by atoms with van der Waals surface area (Å²) in [5.74, 6) is 0.381. The number of anilines is 1. The van der Waals surface area contributed by atoms with E-state index in [0.29, 0.717) is 22.3 Å². The number of amides is 1. The highest BCUT2D eigenvalue weighted by atomic mass is 32.2. The second-order valence-electron chi connectivity index (χ2n) is 7.92. The molecule has 1 amide bonds. The molecule has 174 valence electrons. The molecular formula is C22H24N4O4S3. The Kier molecular flexibility index (Phi) is 6.81. The van der Waals surface area contributed by atoms with Gasteiger partial charge in [0.1, 0.15) is 5.00 Å².